The van der Waals surface area contributed by atoms with Gasteiger partial charge in [0.25, 0.3) is 15.9 Å². The van der Waals surface area contributed by atoms with Crippen molar-refractivity contribution in [3.05, 3.63) is 95.8 Å². The van der Waals surface area contributed by atoms with E-state index < -0.39 is 10.0 Å². The quantitative estimate of drug-likeness (QED) is 0.662. The molecule has 0 unspecified atom stereocenters. The minimum Gasteiger partial charge on any atom is -0.346 e. The van der Waals surface area contributed by atoms with E-state index in [9.17, 15) is 17.6 Å². The first-order chi connectivity index (χ1) is 13.8. The predicted octanol–water partition coefficient (Wildman–Crippen LogP) is 4.14. The van der Waals surface area contributed by atoms with Crippen molar-refractivity contribution in [1.82, 2.24) is 5.32 Å². The molecule has 0 aliphatic carbocycles. The lowest BCUT2D eigenvalue weighted by Crippen LogP contribution is -2.28. The number of halogens is 1. The van der Waals surface area contributed by atoms with Crippen LogP contribution in [0.5, 0.6) is 0 Å². The third-order valence-electron chi connectivity index (χ3n) is 4.61. The zero-order chi connectivity index (χ0) is 21.0. The number of para-hydroxylation sites is 1. The average molecular weight is 412 g/mol. The largest absolute Gasteiger partial charge is 0.346 e. The van der Waals surface area contributed by atoms with Gasteiger partial charge in [0, 0.05) is 12.6 Å². The van der Waals surface area contributed by atoms with E-state index in [2.05, 4.69) is 5.32 Å². The molecule has 3 aromatic carbocycles. The van der Waals surface area contributed by atoms with Crippen LogP contribution in [0, 0.1) is 5.82 Å². The predicted molar refractivity (Wildman–Crippen MR) is 111 cm³/mol. The first-order valence-corrected chi connectivity index (χ1v) is 10.4. The number of benzene rings is 3. The van der Waals surface area contributed by atoms with Crippen LogP contribution in [0.3, 0.4) is 0 Å². The zero-order valence-electron chi connectivity index (χ0n) is 16.0. The fraction of sp³-hybridized carbons (Fsp3) is 0.136. The Morgan fingerprint density at radius 2 is 1.52 bits per heavy atom. The number of hydrogen-bond acceptors (Lipinski definition) is 3. The van der Waals surface area contributed by atoms with Crippen molar-refractivity contribution < 1.29 is 17.6 Å². The molecule has 3 rings (SSSR count). The molecule has 29 heavy (non-hydrogen) atoms. The van der Waals surface area contributed by atoms with Gasteiger partial charge < -0.3 is 5.32 Å². The molecule has 0 saturated heterocycles. The third-order valence-corrected chi connectivity index (χ3v) is 6.41. The van der Waals surface area contributed by atoms with Crippen LogP contribution in [0.1, 0.15) is 28.9 Å². The van der Waals surface area contributed by atoms with Gasteiger partial charge >= 0.3 is 0 Å². The number of hydrogen-bond donors (Lipinski definition) is 1. The van der Waals surface area contributed by atoms with Gasteiger partial charge in [-0.15, -0.1) is 0 Å². The van der Waals surface area contributed by atoms with E-state index in [1.54, 1.807) is 43.3 Å². The van der Waals surface area contributed by atoms with Crippen LogP contribution in [0.25, 0.3) is 0 Å². The van der Waals surface area contributed by atoms with Gasteiger partial charge in [0.2, 0.25) is 0 Å². The van der Waals surface area contributed by atoms with Crippen LogP contribution < -0.4 is 9.62 Å². The normalized spacial score (nSPS) is 12.2. The number of carbonyl (C=O) groups excluding carboxylic acids is 1. The van der Waals surface area contributed by atoms with Crippen molar-refractivity contribution in [2.24, 2.45) is 0 Å². The summed E-state index contributed by atoms with van der Waals surface area (Å²) >= 11 is 0. The molecule has 3 aromatic rings. The second-order valence-electron chi connectivity index (χ2n) is 6.58. The van der Waals surface area contributed by atoms with Crippen LogP contribution in [0.2, 0.25) is 0 Å². The number of sulfonamides is 1. The van der Waals surface area contributed by atoms with Crippen LogP contribution >= 0.6 is 0 Å². The van der Waals surface area contributed by atoms with E-state index in [1.165, 1.54) is 47.8 Å². The molecule has 1 N–H and O–H groups in total. The van der Waals surface area contributed by atoms with Crippen LogP contribution in [0.4, 0.5) is 10.1 Å². The first kappa shape index (κ1) is 20.5. The fourth-order valence-corrected chi connectivity index (χ4v) is 4.02. The Morgan fingerprint density at radius 1 is 0.931 bits per heavy atom. The van der Waals surface area contributed by atoms with Gasteiger partial charge in [0.05, 0.1) is 16.6 Å². The molecule has 0 aliphatic rings. The summed E-state index contributed by atoms with van der Waals surface area (Å²) in [5, 5.41) is 2.82. The van der Waals surface area contributed by atoms with Gasteiger partial charge in [-0.2, -0.15) is 0 Å². The molecular formula is C22H21FN2O3S. The molecule has 0 aromatic heterocycles. The van der Waals surface area contributed by atoms with Gasteiger partial charge in [-0.05, 0) is 61.0 Å². The van der Waals surface area contributed by atoms with Gasteiger partial charge in [-0.3, -0.25) is 9.10 Å². The Bertz CT molecular complexity index is 1080. The number of carbonyl (C=O) groups is 1. The number of anilines is 1. The molecule has 0 spiro atoms. The zero-order valence-corrected chi connectivity index (χ0v) is 16.9. The monoisotopic (exact) mass is 412 g/mol. The molecular weight excluding hydrogens is 391 g/mol. The fourth-order valence-electron chi connectivity index (χ4n) is 2.83. The summed E-state index contributed by atoms with van der Waals surface area (Å²) in [6, 6.07) is 20.1. The average Bonchev–Trinajstić information content (AvgIpc) is 2.74. The highest BCUT2D eigenvalue weighted by Crippen LogP contribution is 2.22. The van der Waals surface area contributed by atoms with Gasteiger partial charge in [0.1, 0.15) is 5.82 Å². The molecule has 7 heteroatoms. The molecule has 150 valence electrons. The minimum atomic E-state index is -3.74. The SMILES string of the molecule is C[C@@H](NC(=O)c1ccc(S(=O)(=O)N(C)c2ccccc2)cc1)c1ccc(F)cc1. The molecule has 0 heterocycles. The van der Waals surface area contributed by atoms with Crippen molar-refractivity contribution in [2.45, 2.75) is 17.9 Å². The molecule has 0 aliphatic heterocycles. The Labute approximate surface area is 169 Å². The van der Waals surface area contributed by atoms with Crippen molar-refractivity contribution in [2.75, 3.05) is 11.4 Å². The van der Waals surface area contributed by atoms with Crippen molar-refractivity contribution in [3.8, 4) is 0 Å². The maximum Gasteiger partial charge on any atom is 0.264 e. The molecule has 1 amide bonds. The molecule has 5 nitrogen and oxygen atoms in total. The van der Waals surface area contributed by atoms with Gasteiger partial charge in [-0.1, -0.05) is 30.3 Å². The van der Waals surface area contributed by atoms with E-state index in [-0.39, 0.29) is 22.7 Å². The van der Waals surface area contributed by atoms with Crippen molar-refractivity contribution in [3.63, 3.8) is 0 Å². The lowest BCUT2D eigenvalue weighted by Gasteiger charge is -2.19. The second-order valence-corrected chi connectivity index (χ2v) is 8.55. The van der Waals surface area contributed by atoms with Crippen LogP contribution in [-0.4, -0.2) is 21.4 Å². The summed E-state index contributed by atoms with van der Waals surface area (Å²) < 4.78 is 39.8. The topological polar surface area (TPSA) is 66.5 Å². The smallest absolute Gasteiger partial charge is 0.264 e. The van der Waals surface area contributed by atoms with E-state index >= 15 is 0 Å². The summed E-state index contributed by atoms with van der Waals surface area (Å²) in [6.45, 7) is 1.79. The molecule has 0 saturated carbocycles. The highest BCUT2D eigenvalue weighted by atomic mass is 32.2. The lowest BCUT2D eigenvalue weighted by molar-refractivity contribution is 0.0940. The standard InChI is InChI=1S/C22H21FN2O3S/c1-16(17-8-12-19(23)13-9-17)24-22(26)18-10-14-21(15-11-18)29(27,28)25(2)20-6-4-3-5-7-20/h3-16H,1-2H3,(H,24,26)/t16-/m1/s1. The van der Waals surface area contributed by atoms with Crippen LogP contribution in [0.15, 0.2) is 83.8 Å². The maximum atomic E-state index is 13.0. The summed E-state index contributed by atoms with van der Waals surface area (Å²) in [5.74, 6) is -0.688. The molecule has 1 atom stereocenters. The van der Waals surface area contributed by atoms with E-state index in [0.29, 0.717) is 11.3 Å². The van der Waals surface area contributed by atoms with E-state index in [0.717, 1.165) is 5.56 Å². The number of nitrogens with zero attached hydrogens (tertiary/aromatic N) is 1. The van der Waals surface area contributed by atoms with E-state index in [4.69, 9.17) is 0 Å². The number of rotatable bonds is 6. The van der Waals surface area contributed by atoms with Gasteiger partial charge in [0.15, 0.2) is 0 Å². The Hall–Kier alpha value is -3.19. The molecule has 0 radical (unpaired) electrons. The number of nitrogens with one attached hydrogen (secondary N) is 1. The highest BCUT2D eigenvalue weighted by molar-refractivity contribution is 7.92. The summed E-state index contributed by atoms with van der Waals surface area (Å²) in [7, 11) is -2.26. The molecule has 0 bridgehead atoms. The summed E-state index contributed by atoms with van der Waals surface area (Å²) in [4.78, 5) is 12.6. The first-order valence-electron chi connectivity index (χ1n) is 8.99. The second kappa shape index (κ2) is 8.45. The number of amides is 1. The van der Waals surface area contributed by atoms with Crippen LogP contribution in [-0.2, 0) is 10.0 Å². The Balaban J connectivity index is 1.73. The van der Waals surface area contributed by atoms with Crippen molar-refractivity contribution in [1.29, 1.82) is 0 Å². The highest BCUT2D eigenvalue weighted by Gasteiger charge is 2.21. The Morgan fingerprint density at radius 3 is 2.10 bits per heavy atom. The summed E-state index contributed by atoms with van der Waals surface area (Å²) in [6.07, 6.45) is 0. The lowest BCUT2D eigenvalue weighted by atomic mass is 10.1. The Kier molecular flexibility index (Phi) is 5.98. The minimum absolute atomic E-state index is 0.0898. The summed E-state index contributed by atoms with van der Waals surface area (Å²) in [5.41, 5.74) is 1.64. The van der Waals surface area contributed by atoms with E-state index in [1.807, 2.05) is 6.07 Å². The maximum absolute atomic E-state index is 13.0. The molecule has 0 fully saturated rings. The van der Waals surface area contributed by atoms with Gasteiger partial charge in [-0.25, -0.2) is 12.8 Å². The van der Waals surface area contributed by atoms with Crippen molar-refractivity contribution >= 4 is 21.6 Å². The third kappa shape index (κ3) is 4.63.